The molecular weight excluding hydrogens is 356 g/mol. The van der Waals surface area contributed by atoms with Gasteiger partial charge in [0.05, 0.1) is 6.04 Å². The lowest BCUT2D eigenvalue weighted by Crippen LogP contribution is -2.52. The van der Waals surface area contributed by atoms with E-state index in [1.54, 1.807) is 20.8 Å². The average Bonchev–Trinajstić information content (AvgIpc) is 2.65. The third-order valence-corrected chi connectivity index (χ3v) is 3.96. The van der Waals surface area contributed by atoms with Crippen LogP contribution in [0.15, 0.2) is 60.7 Å². The van der Waals surface area contributed by atoms with E-state index >= 15 is 0 Å². The standard InChI is InChI=1S/C22H28N2O4/c1-22(2,3)28-21(27)24-18(14-16-10-6-4-7-11-16)19(25)20(26)23-15-17-12-8-5-9-13-17/h4-13,18-19,25H,14-15H2,1-3H3,(H,23,26)(H,24,27). The van der Waals surface area contributed by atoms with Gasteiger partial charge in [0.15, 0.2) is 6.10 Å². The molecule has 0 bridgehead atoms. The Morgan fingerprint density at radius 2 is 1.50 bits per heavy atom. The van der Waals surface area contributed by atoms with Crippen LogP contribution in [0.1, 0.15) is 31.9 Å². The Morgan fingerprint density at radius 3 is 2.04 bits per heavy atom. The number of hydrogen-bond donors (Lipinski definition) is 3. The number of ether oxygens (including phenoxy) is 1. The molecule has 3 N–H and O–H groups in total. The Labute approximate surface area is 165 Å². The number of carbonyl (C=O) groups is 2. The molecule has 2 unspecified atom stereocenters. The van der Waals surface area contributed by atoms with Gasteiger partial charge in [-0.15, -0.1) is 0 Å². The summed E-state index contributed by atoms with van der Waals surface area (Å²) in [7, 11) is 0. The Kier molecular flexibility index (Phi) is 7.58. The molecule has 28 heavy (non-hydrogen) atoms. The fourth-order valence-corrected chi connectivity index (χ4v) is 2.64. The lowest BCUT2D eigenvalue weighted by Gasteiger charge is -2.26. The molecule has 2 aromatic carbocycles. The van der Waals surface area contributed by atoms with Crippen LogP contribution in [0.5, 0.6) is 0 Å². The van der Waals surface area contributed by atoms with Gasteiger partial charge in [-0.2, -0.15) is 0 Å². The SMILES string of the molecule is CC(C)(C)OC(=O)NC(Cc1ccccc1)C(O)C(=O)NCc1ccccc1. The Hall–Kier alpha value is -2.86. The lowest BCUT2D eigenvalue weighted by molar-refractivity contribution is -0.130. The third-order valence-electron chi connectivity index (χ3n) is 3.96. The fourth-order valence-electron chi connectivity index (χ4n) is 2.64. The molecular formula is C22H28N2O4. The highest BCUT2D eigenvalue weighted by atomic mass is 16.6. The smallest absolute Gasteiger partial charge is 0.407 e. The van der Waals surface area contributed by atoms with Gasteiger partial charge in [-0.3, -0.25) is 4.79 Å². The van der Waals surface area contributed by atoms with Gasteiger partial charge in [0.1, 0.15) is 5.60 Å². The number of hydrogen-bond acceptors (Lipinski definition) is 4. The van der Waals surface area contributed by atoms with Gasteiger partial charge in [-0.1, -0.05) is 60.7 Å². The van der Waals surface area contributed by atoms with Crippen molar-refractivity contribution >= 4 is 12.0 Å². The average molecular weight is 384 g/mol. The molecule has 0 fully saturated rings. The first kappa shape index (κ1) is 21.4. The molecule has 150 valence electrons. The van der Waals surface area contributed by atoms with E-state index < -0.39 is 29.7 Å². The van der Waals surface area contributed by atoms with E-state index in [1.165, 1.54) is 0 Å². The van der Waals surface area contributed by atoms with E-state index in [4.69, 9.17) is 4.74 Å². The van der Waals surface area contributed by atoms with Crippen LogP contribution in [-0.2, 0) is 22.5 Å². The molecule has 0 aliphatic heterocycles. The second-order valence-corrected chi connectivity index (χ2v) is 7.59. The predicted octanol–water partition coefficient (Wildman–Crippen LogP) is 2.80. The zero-order valence-corrected chi connectivity index (χ0v) is 16.5. The fraction of sp³-hybridized carbons (Fsp3) is 0.364. The first-order valence-electron chi connectivity index (χ1n) is 9.28. The second-order valence-electron chi connectivity index (χ2n) is 7.59. The van der Waals surface area contributed by atoms with Crippen molar-refractivity contribution in [3.05, 3.63) is 71.8 Å². The molecule has 0 saturated carbocycles. The number of benzene rings is 2. The van der Waals surface area contributed by atoms with Crippen LogP contribution in [0.4, 0.5) is 4.79 Å². The highest BCUT2D eigenvalue weighted by Crippen LogP contribution is 2.11. The minimum atomic E-state index is -1.42. The number of aliphatic hydroxyl groups excluding tert-OH is 1. The molecule has 2 rings (SSSR count). The summed E-state index contributed by atoms with van der Waals surface area (Å²) in [6, 6.07) is 17.9. The van der Waals surface area contributed by atoms with Crippen molar-refractivity contribution in [1.29, 1.82) is 0 Å². The summed E-state index contributed by atoms with van der Waals surface area (Å²) in [4.78, 5) is 24.7. The van der Waals surface area contributed by atoms with Crippen molar-refractivity contribution < 1.29 is 19.4 Å². The summed E-state index contributed by atoms with van der Waals surface area (Å²) < 4.78 is 5.27. The molecule has 2 aromatic rings. The van der Waals surface area contributed by atoms with E-state index in [0.717, 1.165) is 11.1 Å². The first-order chi connectivity index (χ1) is 13.2. The molecule has 6 heteroatoms. The molecule has 0 radical (unpaired) electrons. The summed E-state index contributed by atoms with van der Waals surface area (Å²) in [5.74, 6) is -0.555. The molecule has 2 amide bonds. The van der Waals surface area contributed by atoms with Crippen LogP contribution < -0.4 is 10.6 Å². The van der Waals surface area contributed by atoms with Crippen molar-refractivity contribution in [2.45, 2.75) is 51.5 Å². The van der Waals surface area contributed by atoms with Gasteiger partial charge in [0.25, 0.3) is 5.91 Å². The van der Waals surface area contributed by atoms with Crippen molar-refractivity contribution in [2.24, 2.45) is 0 Å². The molecule has 0 aromatic heterocycles. The van der Waals surface area contributed by atoms with E-state index in [0.29, 0.717) is 13.0 Å². The number of aliphatic hydroxyl groups is 1. The van der Waals surface area contributed by atoms with Crippen molar-refractivity contribution in [2.75, 3.05) is 0 Å². The van der Waals surface area contributed by atoms with Crippen LogP contribution in [0.2, 0.25) is 0 Å². The zero-order valence-electron chi connectivity index (χ0n) is 16.5. The molecule has 0 spiro atoms. The van der Waals surface area contributed by atoms with Crippen LogP contribution in [0.25, 0.3) is 0 Å². The summed E-state index contributed by atoms with van der Waals surface area (Å²) in [5.41, 5.74) is 1.13. The molecule has 0 aliphatic rings. The minimum absolute atomic E-state index is 0.292. The van der Waals surface area contributed by atoms with Gasteiger partial charge >= 0.3 is 6.09 Å². The van der Waals surface area contributed by atoms with Crippen LogP contribution >= 0.6 is 0 Å². The number of nitrogens with one attached hydrogen (secondary N) is 2. The zero-order chi connectivity index (χ0) is 20.6. The van der Waals surface area contributed by atoms with Gasteiger partial charge < -0.3 is 20.5 Å². The third kappa shape index (κ3) is 7.40. The maximum Gasteiger partial charge on any atom is 0.407 e. The first-order valence-corrected chi connectivity index (χ1v) is 9.28. The van der Waals surface area contributed by atoms with E-state index in [1.807, 2.05) is 60.7 Å². The number of amides is 2. The van der Waals surface area contributed by atoms with Gasteiger partial charge in [0, 0.05) is 6.54 Å². The van der Waals surface area contributed by atoms with E-state index in [9.17, 15) is 14.7 Å². The van der Waals surface area contributed by atoms with Gasteiger partial charge in [-0.25, -0.2) is 4.79 Å². The van der Waals surface area contributed by atoms with Crippen molar-refractivity contribution in [1.82, 2.24) is 10.6 Å². The summed E-state index contributed by atoms with van der Waals surface area (Å²) >= 11 is 0. The Bertz CT molecular complexity index is 757. The van der Waals surface area contributed by atoms with Gasteiger partial charge in [-0.05, 0) is 38.3 Å². The molecule has 2 atom stereocenters. The monoisotopic (exact) mass is 384 g/mol. The molecule has 0 saturated heterocycles. The van der Waals surface area contributed by atoms with Crippen molar-refractivity contribution in [3.63, 3.8) is 0 Å². The Balaban J connectivity index is 2.05. The molecule has 0 heterocycles. The van der Waals surface area contributed by atoms with E-state index in [2.05, 4.69) is 10.6 Å². The highest BCUT2D eigenvalue weighted by molar-refractivity contribution is 5.82. The molecule has 0 aliphatic carbocycles. The second kappa shape index (κ2) is 9.90. The topological polar surface area (TPSA) is 87.7 Å². The van der Waals surface area contributed by atoms with E-state index in [-0.39, 0.29) is 0 Å². The molecule has 6 nitrogen and oxygen atoms in total. The number of alkyl carbamates (subject to hydrolysis) is 1. The summed E-state index contributed by atoms with van der Waals surface area (Å²) in [5, 5.41) is 15.9. The van der Waals surface area contributed by atoms with Gasteiger partial charge in [0.2, 0.25) is 0 Å². The highest BCUT2D eigenvalue weighted by Gasteiger charge is 2.29. The maximum atomic E-state index is 12.5. The largest absolute Gasteiger partial charge is 0.444 e. The van der Waals surface area contributed by atoms with Crippen LogP contribution in [0.3, 0.4) is 0 Å². The normalized spacial score (nSPS) is 13.3. The van der Waals surface area contributed by atoms with Crippen LogP contribution in [-0.4, -0.2) is 34.9 Å². The predicted molar refractivity (Wildman–Crippen MR) is 108 cm³/mol. The van der Waals surface area contributed by atoms with Crippen LogP contribution in [0, 0.1) is 0 Å². The Morgan fingerprint density at radius 1 is 0.964 bits per heavy atom. The minimum Gasteiger partial charge on any atom is -0.444 e. The number of carbonyl (C=O) groups excluding carboxylic acids is 2. The lowest BCUT2D eigenvalue weighted by atomic mass is 10.0. The summed E-state index contributed by atoms with van der Waals surface area (Å²) in [6.45, 7) is 5.55. The number of rotatable bonds is 7. The quantitative estimate of drug-likeness (QED) is 0.685. The maximum absolute atomic E-state index is 12.5. The van der Waals surface area contributed by atoms with Crippen molar-refractivity contribution in [3.8, 4) is 0 Å². The summed E-state index contributed by atoms with van der Waals surface area (Å²) in [6.07, 6.45) is -1.81.